The minimum absolute atomic E-state index is 0.105. The van der Waals surface area contributed by atoms with Crippen molar-refractivity contribution in [2.24, 2.45) is 0 Å². The number of halogens is 3. The van der Waals surface area contributed by atoms with E-state index in [-0.39, 0.29) is 12.1 Å². The highest BCUT2D eigenvalue weighted by molar-refractivity contribution is 5.89. The molecule has 2 aromatic carbocycles. The smallest absolute Gasteiger partial charge is 0.319 e. The molecule has 2 amide bonds. The highest BCUT2D eigenvalue weighted by atomic mass is 19.1. The van der Waals surface area contributed by atoms with Gasteiger partial charge in [0.2, 0.25) is 0 Å². The second-order valence-electron chi connectivity index (χ2n) is 5.32. The third-order valence-corrected chi connectivity index (χ3v) is 3.68. The van der Waals surface area contributed by atoms with Gasteiger partial charge in [0.25, 0.3) is 0 Å². The standard InChI is InChI=1S/C17H17F3N2O2/c1-17(24-2,11-6-3-4-7-12(11)18)10-21-16(23)22-15-13(19)8-5-9-14(15)20/h3-9H,10H2,1-2H3,(H2,21,22,23)/t17-/m1/s1. The number of benzene rings is 2. The van der Waals surface area contributed by atoms with Gasteiger partial charge in [-0.3, -0.25) is 0 Å². The van der Waals surface area contributed by atoms with Gasteiger partial charge in [-0.25, -0.2) is 18.0 Å². The molecule has 0 saturated heterocycles. The van der Waals surface area contributed by atoms with Crippen LogP contribution in [0.1, 0.15) is 12.5 Å². The molecule has 0 aliphatic carbocycles. The number of methoxy groups -OCH3 is 1. The zero-order chi connectivity index (χ0) is 17.7. The molecule has 0 fully saturated rings. The summed E-state index contributed by atoms with van der Waals surface area (Å²) in [5.41, 5.74) is -1.44. The predicted octanol–water partition coefficient (Wildman–Crippen LogP) is 3.79. The molecule has 1 atom stereocenters. The normalized spacial score (nSPS) is 13.2. The first kappa shape index (κ1) is 17.8. The van der Waals surface area contributed by atoms with Crippen LogP contribution in [-0.4, -0.2) is 19.7 Å². The minimum atomic E-state index is -1.14. The Balaban J connectivity index is 2.08. The molecule has 0 saturated carbocycles. The Labute approximate surface area is 137 Å². The molecular weight excluding hydrogens is 321 g/mol. The molecule has 0 spiro atoms. The zero-order valence-corrected chi connectivity index (χ0v) is 13.2. The largest absolute Gasteiger partial charge is 0.372 e. The number of amides is 2. The fourth-order valence-corrected chi connectivity index (χ4v) is 2.19. The van der Waals surface area contributed by atoms with E-state index in [9.17, 15) is 18.0 Å². The minimum Gasteiger partial charge on any atom is -0.372 e. The van der Waals surface area contributed by atoms with Crippen LogP contribution >= 0.6 is 0 Å². The summed E-state index contributed by atoms with van der Waals surface area (Å²) in [6, 6.07) is 8.40. The summed E-state index contributed by atoms with van der Waals surface area (Å²) in [4.78, 5) is 11.9. The van der Waals surface area contributed by atoms with Crippen molar-refractivity contribution in [2.45, 2.75) is 12.5 Å². The summed E-state index contributed by atoms with van der Waals surface area (Å²) in [6.45, 7) is 1.49. The zero-order valence-electron chi connectivity index (χ0n) is 13.2. The topological polar surface area (TPSA) is 50.4 Å². The van der Waals surface area contributed by atoms with Crippen molar-refractivity contribution in [2.75, 3.05) is 19.0 Å². The van der Waals surface area contributed by atoms with Crippen molar-refractivity contribution >= 4 is 11.7 Å². The van der Waals surface area contributed by atoms with Gasteiger partial charge in [0, 0.05) is 12.7 Å². The molecule has 0 aliphatic rings. The molecule has 24 heavy (non-hydrogen) atoms. The van der Waals surface area contributed by atoms with E-state index in [0.29, 0.717) is 0 Å². The van der Waals surface area contributed by atoms with Crippen molar-refractivity contribution in [3.05, 3.63) is 65.5 Å². The molecule has 7 heteroatoms. The van der Waals surface area contributed by atoms with Gasteiger partial charge >= 0.3 is 6.03 Å². The predicted molar refractivity (Wildman–Crippen MR) is 84.1 cm³/mol. The highest BCUT2D eigenvalue weighted by Gasteiger charge is 2.30. The van der Waals surface area contributed by atoms with Crippen LogP contribution in [0.3, 0.4) is 0 Å². The number of nitrogens with one attached hydrogen (secondary N) is 2. The van der Waals surface area contributed by atoms with Gasteiger partial charge < -0.3 is 15.4 Å². The van der Waals surface area contributed by atoms with Crippen LogP contribution in [-0.2, 0) is 10.3 Å². The lowest BCUT2D eigenvalue weighted by Crippen LogP contribution is -2.42. The highest BCUT2D eigenvalue weighted by Crippen LogP contribution is 2.26. The molecule has 128 valence electrons. The number of anilines is 1. The quantitative estimate of drug-likeness (QED) is 0.871. The van der Waals surface area contributed by atoms with Crippen molar-refractivity contribution < 1.29 is 22.7 Å². The molecule has 4 nitrogen and oxygen atoms in total. The van der Waals surface area contributed by atoms with Crippen LogP contribution in [0.5, 0.6) is 0 Å². The molecule has 2 rings (SSSR count). The Morgan fingerprint density at radius 3 is 2.21 bits per heavy atom. The number of rotatable bonds is 5. The lowest BCUT2D eigenvalue weighted by atomic mass is 9.95. The third-order valence-electron chi connectivity index (χ3n) is 3.68. The van der Waals surface area contributed by atoms with Crippen molar-refractivity contribution in [1.82, 2.24) is 5.32 Å². The molecule has 2 aromatic rings. The van der Waals surface area contributed by atoms with Gasteiger partial charge in [0.05, 0.1) is 6.54 Å². The lowest BCUT2D eigenvalue weighted by molar-refractivity contribution is 0.00235. The van der Waals surface area contributed by atoms with E-state index in [4.69, 9.17) is 4.74 Å². The maximum Gasteiger partial charge on any atom is 0.319 e. The Hall–Kier alpha value is -2.54. The average Bonchev–Trinajstić information content (AvgIpc) is 2.56. The molecular formula is C17H17F3N2O2. The summed E-state index contributed by atoms with van der Waals surface area (Å²) >= 11 is 0. The van der Waals surface area contributed by atoms with Crippen LogP contribution in [0.25, 0.3) is 0 Å². The number of carbonyl (C=O) groups is 1. The van der Waals surface area contributed by atoms with Crippen LogP contribution < -0.4 is 10.6 Å². The first-order chi connectivity index (χ1) is 11.4. The van der Waals surface area contributed by atoms with E-state index < -0.39 is 34.8 Å². The fourth-order valence-electron chi connectivity index (χ4n) is 2.19. The van der Waals surface area contributed by atoms with Crippen molar-refractivity contribution in [3.8, 4) is 0 Å². The molecule has 2 N–H and O–H groups in total. The Morgan fingerprint density at radius 1 is 1.04 bits per heavy atom. The molecule has 0 aromatic heterocycles. The molecule has 0 heterocycles. The van der Waals surface area contributed by atoms with E-state index in [0.717, 1.165) is 12.1 Å². The SMILES string of the molecule is CO[C@](C)(CNC(=O)Nc1c(F)cccc1F)c1ccccc1F. The number of hydrogen-bond donors (Lipinski definition) is 2. The van der Waals surface area contributed by atoms with E-state index in [1.807, 2.05) is 0 Å². The second kappa shape index (κ2) is 7.35. The van der Waals surface area contributed by atoms with E-state index in [1.165, 1.54) is 31.4 Å². The summed E-state index contributed by atoms with van der Waals surface area (Å²) in [7, 11) is 1.38. The molecule has 0 unspecified atom stereocenters. The number of hydrogen-bond acceptors (Lipinski definition) is 2. The average molecular weight is 338 g/mol. The summed E-state index contributed by atoms with van der Waals surface area (Å²) in [6.07, 6.45) is 0. The van der Waals surface area contributed by atoms with Crippen molar-refractivity contribution in [3.63, 3.8) is 0 Å². The van der Waals surface area contributed by atoms with E-state index in [1.54, 1.807) is 13.0 Å². The second-order valence-corrected chi connectivity index (χ2v) is 5.32. The third kappa shape index (κ3) is 3.86. The van der Waals surface area contributed by atoms with E-state index >= 15 is 0 Å². The lowest BCUT2D eigenvalue weighted by Gasteiger charge is -2.29. The van der Waals surface area contributed by atoms with Gasteiger partial charge in [-0.05, 0) is 25.1 Å². The van der Waals surface area contributed by atoms with Gasteiger partial charge in [-0.15, -0.1) is 0 Å². The first-order valence-electron chi connectivity index (χ1n) is 7.16. The number of para-hydroxylation sites is 1. The first-order valence-corrected chi connectivity index (χ1v) is 7.16. The molecule has 0 aliphatic heterocycles. The molecule has 0 radical (unpaired) electrons. The monoisotopic (exact) mass is 338 g/mol. The summed E-state index contributed by atoms with van der Waals surface area (Å²) < 4.78 is 46.3. The van der Waals surface area contributed by atoms with Gasteiger partial charge in [0.1, 0.15) is 28.7 Å². The maximum absolute atomic E-state index is 13.9. The Morgan fingerprint density at radius 2 is 1.62 bits per heavy atom. The number of urea groups is 1. The Kier molecular flexibility index (Phi) is 5.46. The van der Waals surface area contributed by atoms with Crippen LogP contribution in [0.4, 0.5) is 23.7 Å². The summed E-state index contributed by atoms with van der Waals surface area (Å²) in [5, 5.41) is 4.52. The van der Waals surface area contributed by atoms with Crippen molar-refractivity contribution in [1.29, 1.82) is 0 Å². The number of carbonyl (C=O) groups excluding carboxylic acids is 1. The van der Waals surface area contributed by atoms with Crippen LogP contribution in [0.2, 0.25) is 0 Å². The van der Waals surface area contributed by atoms with Crippen LogP contribution in [0.15, 0.2) is 42.5 Å². The van der Waals surface area contributed by atoms with Gasteiger partial charge in [-0.2, -0.15) is 0 Å². The molecule has 0 bridgehead atoms. The maximum atomic E-state index is 13.9. The van der Waals surface area contributed by atoms with Gasteiger partial charge in [-0.1, -0.05) is 24.3 Å². The fraction of sp³-hybridized carbons (Fsp3) is 0.235. The Bertz CT molecular complexity index is 719. The summed E-state index contributed by atoms with van der Waals surface area (Å²) in [5.74, 6) is -2.27. The van der Waals surface area contributed by atoms with E-state index in [2.05, 4.69) is 10.6 Å². The van der Waals surface area contributed by atoms with Gasteiger partial charge in [0.15, 0.2) is 0 Å². The van der Waals surface area contributed by atoms with Crippen LogP contribution in [0, 0.1) is 17.5 Å². The number of ether oxygens (including phenoxy) is 1.